The van der Waals surface area contributed by atoms with Crippen molar-refractivity contribution >= 4 is 35.3 Å². The third-order valence-corrected chi connectivity index (χ3v) is 5.82. The van der Waals surface area contributed by atoms with Gasteiger partial charge in [-0.2, -0.15) is 0 Å². The average molecular weight is 436 g/mol. The lowest BCUT2D eigenvalue weighted by atomic mass is 10.1. The van der Waals surface area contributed by atoms with Gasteiger partial charge in [-0.15, -0.1) is 10.2 Å². The van der Waals surface area contributed by atoms with Crippen LogP contribution in [0.25, 0.3) is 11.4 Å². The van der Waals surface area contributed by atoms with Crippen LogP contribution < -0.4 is 10.6 Å². The van der Waals surface area contributed by atoms with Crippen LogP contribution in [-0.2, 0) is 4.79 Å². The maximum atomic E-state index is 12.2. The van der Waals surface area contributed by atoms with Crippen molar-refractivity contribution < 1.29 is 9.59 Å². The third kappa shape index (κ3) is 5.73. The van der Waals surface area contributed by atoms with Crippen molar-refractivity contribution in [1.29, 1.82) is 0 Å². The Morgan fingerprint density at radius 1 is 1.21 bits per heavy atom. The van der Waals surface area contributed by atoms with Crippen LogP contribution in [0.15, 0.2) is 29.4 Å². The van der Waals surface area contributed by atoms with E-state index in [4.69, 9.17) is 11.6 Å². The van der Waals surface area contributed by atoms with Gasteiger partial charge < -0.3 is 5.32 Å². The fourth-order valence-electron chi connectivity index (χ4n) is 3.36. The molecule has 1 aliphatic carbocycles. The van der Waals surface area contributed by atoms with Crippen LogP contribution in [0.3, 0.4) is 0 Å². The number of imide groups is 1. The van der Waals surface area contributed by atoms with Crippen molar-refractivity contribution in [3.05, 3.63) is 29.3 Å². The number of nitrogens with one attached hydrogen (secondary N) is 2. The number of amides is 3. The number of carbonyl (C=O) groups is 2. The molecule has 0 radical (unpaired) electrons. The summed E-state index contributed by atoms with van der Waals surface area (Å²) in [7, 11) is 0. The van der Waals surface area contributed by atoms with Crippen LogP contribution in [0, 0.1) is 0 Å². The Bertz CT molecular complexity index is 887. The monoisotopic (exact) mass is 435 g/mol. The number of hydrogen-bond donors (Lipinski definition) is 2. The zero-order valence-corrected chi connectivity index (χ0v) is 18.4. The maximum Gasteiger partial charge on any atom is 0.321 e. The molecule has 1 heterocycles. The second-order valence-electron chi connectivity index (χ2n) is 8.14. The number of thioether (sulfide) groups is 1. The number of rotatable bonds is 5. The minimum Gasteiger partial charge on any atom is -0.333 e. The van der Waals surface area contributed by atoms with Gasteiger partial charge in [0.15, 0.2) is 11.0 Å². The molecule has 1 aromatic heterocycles. The first-order valence-electron chi connectivity index (χ1n) is 9.69. The fraction of sp³-hybridized carbons (Fsp3) is 0.500. The van der Waals surface area contributed by atoms with Gasteiger partial charge in [0.25, 0.3) is 0 Å². The van der Waals surface area contributed by atoms with Gasteiger partial charge >= 0.3 is 6.03 Å². The SMILES string of the molecule is CC(C)(C)NC(=O)NC(=O)CSc1nnc(-c2ccccc2Cl)n1C1CCCC1. The van der Waals surface area contributed by atoms with E-state index >= 15 is 0 Å². The standard InChI is InChI=1S/C20H26ClN5O2S/c1-20(2,3)23-18(28)22-16(27)12-29-19-25-24-17(14-10-6-7-11-15(14)21)26(19)13-8-4-5-9-13/h6-7,10-11,13H,4-5,8-9,12H2,1-3H3,(H2,22,23,27,28). The third-order valence-electron chi connectivity index (χ3n) is 4.54. The van der Waals surface area contributed by atoms with Gasteiger partial charge in [0.2, 0.25) is 5.91 Å². The zero-order valence-electron chi connectivity index (χ0n) is 16.9. The van der Waals surface area contributed by atoms with Gasteiger partial charge in [-0.1, -0.05) is 48.3 Å². The lowest BCUT2D eigenvalue weighted by molar-refractivity contribution is -0.117. The molecule has 0 unspecified atom stereocenters. The van der Waals surface area contributed by atoms with E-state index in [1.807, 2.05) is 45.0 Å². The van der Waals surface area contributed by atoms with E-state index in [9.17, 15) is 9.59 Å². The lowest BCUT2D eigenvalue weighted by Crippen LogP contribution is -2.48. The second kappa shape index (κ2) is 9.17. The Hall–Kier alpha value is -2.06. The van der Waals surface area contributed by atoms with E-state index in [1.54, 1.807) is 0 Å². The van der Waals surface area contributed by atoms with Gasteiger partial charge in [-0.05, 0) is 45.7 Å². The van der Waals surface area contributed by atoms with Crippen molar-refractivity contribution in [3.63, 3.8) is 0 Å². The molecule has 0 saturated heterocycles. The van der Waals surface area contributed by atoms with Gasteiger partial charge in [0.05, 0.1) is 10.8 Å². The first kappa shape index (κ1) is 21.6. The highest BCUT2D eigenvalue weighted by Gasteiger charge is 2.26. The van der Waals surface area contributed by atoms with Crippen LogP contribution >= 0.6 is 23.4 Å². The topological polar surface area (TPSA) is 88.9 Å². The quantitative estimate of drug-likeness (QED) is 0.678. The molecule has 3 rings (SSSR count). The molecular weight excluding hydrogens is 410 g/mol. The molecule has 1 saturated carbocycles. The number of benzene rings is 1. The lowest BCUT2D eigenvalue weighted by Gasteiger charge is -2.20. The smallest absolute Gasteiger partial charge is 0.321 e. The Labute approximate surface area is 180 Å². The summed E-state index contributed by atoms with van der Waals surface area (Å²) in [6.07, 6.45) is 4.40. The van der Waals surface area contributed by atoms with Crippen LogP contribution in [-0.4, -0.2) is 38.0 Å². The molecule has 7 nitrogen and oxygen atoms in total. The molecule has 1 fully saturated rings. The molecule has 0 aliphatic heterocycles. The molecule has 2 N–H and O–H groups in total. The molecule has 0 atom stereocenters. The van der Waals surface area contributed by atoms with Crippen LogP contribution in [0.5, 0.6) is 0 Å². The Morgan fingerprint density at radius 3 is 2.55 bits per heavy atom. The van der Waals surface area contributed by atoms with E-state index in [-0.39, 0.29) is 17.7 Å². The van der Waals surface area contributed by atoms with Crippen LogP contribution in [0.1, 0.15) is 52.5 Å². The van der Waals surface area contributed by atoms with Crippen LogP contribution in [0.4, 0.5) is 4.79 Å². The van der Waals surface area contributed by atoms with Crippen molar-refractivity contribution in [2.45, 2.75) is 63.2 Å². The molecule has 0 bridgehead atoms. The van der Waals surface area contributed by atoms with Crippen molar-refractivity contribution in [3.8, 4) is 11.4 Å². The van der Waals surface area contributed by atoms with Crippen molar-refractivity contribution in [2.75, 3.05) is 5.75 Å². The number of carbonyl (C=O) groups excluding carboxylic acids is 2. The van der Waals surface area contributed by atoms with Gasteiger partial charge in [-0.25, -0.2) is 4.79 Å². The van der Waals surface area contributed by atoms with E-state index in [2.05, 4.69) is 25.4 Å². The zero-order chi connectivity index (χ0) is 21.0. The van der Waals surface area contributed by atoms with E-state index in [0.29, 0.717) is 10.2 Å². The fourth-order valence-corrected chi connectivity index (χ4v) is 4.38. The molecule has 9 heteroatoms. The first-order chi connectivity index (χ1) is 13.7. The minimum atomic E-state index is -0.503. The normalized spacial score (nSPS) is 14.8. The number of aromatic nitrogens is 3. The number of halogens is 1. The largest absolute Gasteiger partial charge is 0.333 e. The second-order valence-corrected chi connectivity index (χ2v) is 9.48. The predicted molar refractivity (Wildman–Crippen MR) is 115 cm³/mol. The summed E-state index contributed by atoms with van der Waals surface area (Å²) in [6, 6.07) is 7.34. The summed E-state index contributed by atoms with van der Waals surface area (Å²) >= 11 is 7.67. The highest BCUT2D eigenvalue weighted by atomic mass is 35.5. The first-order valence-corrected chi connectivity index (χ1v) is 11.1. The highest BCUT2D eigenvalue weighted by molar-refractivity contribution is 7.99. The van der Waals surface area contributed by atoms with Gasteiger partial charge in [-0.3, -0.25) is 14.7 Å². The molecule has 29 heavy (non-hydrogen) atoms. The number of hydrogen-bond acceptors (Lipinski definition) is 5. The molecule has 156 valence electrons. The van der Waals surface area contributed by atoms with Crippen molar-refractivity contribution in [1.82, 2.24) is 25.4 Å². The molecule has 0 spiro atoms. The van der Waals surface area contributed by atoms with Crippen LogP contribution in [0.2, 0.25) is 5.02 Å². The summed E-state index contributed by atoms with van der Waals surface area (Å²) in [4.78, 5) is 24.1. The number of nitrogens with zero attached hydrogens (tertiary/aromatic N) is 3. The summed E-state index contributed by atoms with van der Waals surface area (Å²) in [5, 5.41) is 15.0. The Balaban J connectivity index is 1.75. The van der Waals surface area contributed by atoms with E-state index in [0.717, 1.165) is 37.1 Å². The molecular formula is C20H26ClN5O2S. The maximum absolute atomic E-state index is 12.2. The van der Waals surface area contributed by atoms with E-state index in [1.165, 1.54) is 11.8 Å². The molecule has 2 aromatic rings. The Morgan fingerprint density at radius 2 is 1.90 bits per heavy atom. The average Bonchev–Trinajstić information content (AvgIpc) is 3.28. The van der Waals surface area contributed by atoms with E-state index < -0.39 is 11.6 Å². The Kier molecular flexibility index (Phi) is 6.85. The highest BCUT2D eigenvalue weighted by Crippen LogP contribution is 2.38. The molecule has 1 aromatic carbocycles. The minimum absolute atomic E-state index is 0.0743. The summed E-state index contributed by atoms with van der Waals surface area (Å²) in [6.45, 7) is 5.56. The van der Waals surface area contributed by atoms with Crippen molar-refractivity contribution in [2.24, 2.45) is 0 Å². The summed E-state index contributed by atoms with van der Waals surface area (Å²) in [5.41, 5.74) is 0.415. The van der Waals surface area contributed by atoms with Gasteiger partial charge in [0.1, 0.15) is 0 Å². The predicted octanol–water partition coefficient (Wildman–Crippen LogP) is 4.43. The molecule has 3 amide bonds. The van der Waals surface area contributed by atoms with Gasteiger partial charge in [0, 0.05) is 17.1 Å². The molecule has 1 aliphatic rings. The summed E-state index contributed by atoms with van der Waals surface area (Å²) in [5.74, 6) is 0.415. The summed E-state index contributed by atoms with van der Waals surface area (Å²) < 4.78 is 2.10. The number of urea groups is 1.